The summed E-state index contributed by atoms with van der Waals surface area (Å²) >= 11 is 1.43. The van der Waals surface area contributed by atoms with Gasteiger partial charge in [-0.2, -0.15) is 11.8 Å². The molecule has 21 heavy (non-hydrogen) atoms. The largest absolute Gasteiger partial charge is 0.490 e. The lowest BCUT2D eigenvalue weighted by molar-refractivity contribution is -0.385. The summed E-state index contributed by atoms with van der Waals surface area (Å²) in [5.41, 5.74) is -0.169. The van der Waals surface area contributed by atoms with Crippen molar-refractivity contribution in [1.29, 1.82) is 0 Å². The highest BCUT2D eigenvalue weighted by Gasteiger charge is 2.25. The summed E-state index contributed by atoms with van der Waals surface area (Å²) in [5, 5.41) is 22.7. The molecule has 8 heteroatoms. The molecule has 0 heterocycles. The quantitative estimate of drug-likeness (QED) is 0.583. The van der Waals surface area contributed by atoms with Gasteiger partial charge in [0.25, 0.3) is 5.91 Å². The average molecular weight is 314 g/mol. The number of aliphatic hydroxyl groups excluding tert-OH is 1. The smallest absolute Gasteiger partial charge is 0.311 e. The van der Waals surface area contributed by atoms with Crippen molar-refractivity contribution in [3.05, 3.63) is 33.9 Å². The zero-order valence-corrected chi connectivity index (χ0v) is 12.8. The van der Waals surface area contributed by atoms with E-state index in [2.05, 4.69) is 5.32 Å². The van der Waals surface area contributed by atoms with E-state index in [1.54, 1.807) is 6.92 Å². The number of para-hydroxylation sites is 1. The van der Waals surface area contributed by atoms with E-state index in [1.165, 1.54) is 37.1 Å². The maximum atomic E-state index is 12.2. The molecule has 0 aliphatic carbocycles. The maximum Gasteiger partial charge on any atom is 0.311 e. The highest BCUT2D eigenvalue weighted by atomic mass is 32.2. The summed E-state index contributed by atoms with van der Waals surface area (Å²) in [6.07, 6.45) is 1.83. The summed E-state index contributed by atoms with van der Waals surface area (Å²) in [6.45, 7) is 1.69. The van der Waals surface area contributed by atoms with Gasteiger partial charge in [-0.3, -0.25) is 14.9 Å². The van der Waals surface area contributed by atoms with Crippen molar-refractivity contribution >= 4 is 23.4 Å². The number of carbonyl (C=O) groups is 1. The SMILES string of the molecule is COc1c(C(=O)NC(C)C(CO)SC)cccc1[N+](=O)[O-]. The van der Waals surface area contributed by atoms with Gasteiger partial charge in [0.15, 0.2) is 0 Å². The number of benzene rings is 1. The molecule has 0 fully saturated rings. The number of carbonyl (C=O) groups excluding carboxylic acids is 1. The zero-order chi connectivity index (χ0) is 16.0. The number of ether oxygens (including phenoxy) is 1. The predicted octanol–water partition coefficient (Wildman–Crippen LogP) is 1.45. The molecular weight excluding hydrogens is 296 g/mol. The Morgan fingerprint density at radius 3 is 2.71 bits per heavy atom. The van der Waals surface area contributed by atoms with Gasteiger partial charge >= 0.3 is 5.69 Å². The van der Waals surface area contributed by atoms with Gasteiger partial charge in [-0.05, 0) is 19.2 Å². The van der Waals surface area contributed by atoms with Crippen molar-refractivity contribution in [2.75, 3.05) is 20.0 Å². The Morgan fingerprint density at radius 2 is 2.24 bits per heavy atom. The molecule has 0 saturated heterocycles. The molecule has 1 amide bonds. The second kappa shape index (κ2) is 7.84. The lowest BCUT2D eigenvalue weighted by Crippen LogP contribution is -2.41. The number of rotatable bonds is 7. The molecule has 2 unspecified atom stereocenters. The third kappa shape index (κ3) is 4.08. The fourth-order valence-corrected chi connectivity index (χ4v) is 2.50. The highest BCUT2D eigenvalue weighted by molar-refractivity contribution is 7.99. The molecule has 2 N–H and O–H groups in total. The monoisotopic (exact) mass is 314 g/mol. The van der Waals surface area contributed by atoms with Gasteiger partial charge in [-0.25, -0.2) is 0 Å². The van der Waals surface area contributed by atoms with Gasteiger partial charge in [0.1, 0.15) is 0 Å². The van der Waals surface area contributed by atoms with Crippen molar-refractivity contribution in [3.8, 4) is 5.75 Å². The fraction of sp³-hybridized carbons (Fsp3) is 0.462. The summed E-state index contributed by atoms with van der Waals surface area (Å²) in [6, 6.07) is 3.87. The maximum absolute atomic E-state index is 12.2. The van der Waals surface area contributed by atoms with Gasteiger partial charge in [0.2, 0.25) is 5.75 Å². The van der Waals surface area contributed by atoms with E-state index in [9.17, 15) is 20.0 Å². The Balaban J connectivity index is 3.02. The Bertz CT molecular complexity index is 519. The van der Waals surface area contributed by atoms with E-state index in [-0.39, 0.29) is 34.9 Å². The average Bonchev–Trinajstić information content (AvgIpc) is 2.47. The van der Waals surface area contributed by atoms with Crippen LogP contribution >= 0.6 is 11.8 Å². The minimum Gasteiger partial charge on any atom is -0.490 e. The molecule has 116 valence electrons. The first kappa shape index (κ1) is 17.3. The van der Waals surface area contributed by atoms with Crippen molar-refractivity contribution in [1.82, 2.24) is 5.32 Å². The molecule has 0 radical (unpaired) electrons. The first-order chi connectivity index (χ1) is 9.96. The second-order valence-corrected chi connectivity index (χ2v) is 5.41. The van der Waals surface area contributed by atoms with E-state index >= 15 is 0 Å². The van der Waals surface area contributed by atoms with E-state index in [0.29, 0.717) is 0 Å². The van der Waals surface area contributed by atoms with Crippen LogP contribution in [0.25, 0.3) is 0 Å². The molecule has 0 bridgehead atoms. The molecule has 0 aliphatic rings. The Hall–Kier alpha value is -1.80. The van der Waals surface area contributed by atoms with Crippen LogP contribution in [0, 0.1) is 10.1 Å². The van der Waals surface area contributed by atoms with E-state index in [1.807, 2.05) is 6.26 Å². The standard InChI is InChI=1S/C13H18N2O5S/c1-8(11(7-16)21-3)14-13(17)9-5-4-6-10(15(18)19)12(9)20-2/h4-6,8,11,16H,7H2,1-3H3,(H,14,17). The van der Waals surface area contributed by atoms with Crippen LogP contribution in [0.3, 0.4) is 0 Å². The number of hydrogen-bond donors (Lipinski definition) is 2. The number of hydrogen-bond acceptors (Lipinski definition) is 6. The van der Waals surface area contributed by atoms with Gasteiger partial charge in [-0.15, -0.1) is 0 Å². The van der Waals surface area contributed by atoms with Crippen LogP contribution in [0.1, 0.15) is 17.3 Å². The Kier molecular flexibility index (Phi) is 6.44. The first-order valence-electron chi connectivity index (χ1n) is 6.22. The van der Waals surface area contributed by atoms with Crippen LogP contribution < -0.4 is 10.1 Å². The van der Waals surface area contributed by atoms with Crippen LogP contribution in [0.2, 0.25) is 0 Å². The summed E-state index contributed by atoms with van der Waals surface area (Å²) in [5.74, 6) is -0.549. The summed E-state index contributed by atoms with van der Waals surface area (Å²) in [7, 11) is 1.28. The third-order valence-electron chi connectivity index (χ3n) is 3.04. The normalized spacial score (nSPS) is 13.3. The van der Waals surface area contributed by atoms with Gasteiger partial charge in [0.05, 0.1) is 24.2 Å². The van der Waals surface area contributed by atoms with E-state index in [0.717, 1.165) is 0 Å². The third-order valence-corrected chi connectivity index (χ3v) is 4.20. The number of thioether (sulfide) groups is 1. The minimum atomic E-state index is -0.600. The minimum absolute atomic E-state index is 0.0723. The molecule has 1 aromatic rings. The first-order valence-corrected chi connectivity index (χ1v) is 7.50. The number of methoxy groups -OCH3 is 1. The number of amides is 1. The van der Waals surface area contributed by atoms with Crippen LogP contribution in [-0.4, -0.2) is 47.2 Å². The van der Waals surface area contributed by atoms with E-state index < -0.39 is 10.8 Å². The number of aliphatic hydroxyl groups is 1. The van der Waals surface area contributed by atoms with Crippen molar-refractivity contribution in [2.24, 2.45) is 0 Å². The zero-order valence-electron chi connectivity index (χ0n) is 12.0. The van der Waals surface area contributed by atoms with E-state index in [4.69, 9.17) is 4.74 Å². The van der Waals surface area contributed by atoms with Crippen LogP contribution in [-0.2, 0) is 0 Å². The molecule has 0 aliphatic heterocycles. The Morgan fingerprint density at radius 1 is 1.57 bits per heavy atom. The molecule has 1 aromatic carbocycles. The molecular formula is C13H18N2O5S. The van der Waals surface area contributed by atoms with Gasteiger partial charge in [-0.1, -0.05) is 6.07 Å². The number of nitrogens with one attached hydrogen (secondary N) is 1. The van der Waals surface area contributed by atoms with Crippen LogP contribution in [0.4, 0.5) is 5.69 Å². The molecule has 0 aromatic heterocycles. The number of nitrogens with zero attached hydrogens (tertiary/aromatic N) is 1. The highest BCUT2D eigenvalue weighted by Crippen LogP contribution is 2.30. The predicted molar refractivity (Wildman–Crippen MR) is 81.0 cm³/mol. The molecule has 7 nitrogen and oxygen atoms in total. The fourth-order valence-electron chi connectivity index (χ4n) is 1.88. The van der Waals surface area contributed by atoms with Gasteiger partial charge < -0.3 is 15.2 Å². The molecule has 1 rings (SSSR count). The van der Waals surface area contributed by atoms with Crippen molar-refractivity contribution < 1.29 is 19.6 Å². The number of nitro groups is 1. The van der Waals surface area contributed by atoms with Crippen LogP contribution in [0.15, 0.2) is 18.2 Å². The lowest BCUT2D eigenvalue weighted by Gasteiger charge is -2.21. The summed E-state index contributed by atoms with van der Waals surface area (Å²) in [4.78, 5) is 22.6. The second-order valence-electron chi connectivity index (χ2n) is 4.33. The van der Waals surface area contributed by atoms with Crippen molar-refractivity contribution in [2.45, 2.75) is 18.2 Å². The van der Waals surface area contributed by atoms with Crippen LogP contribution in [0.5, 0.6) is 5.75 Å². The molecule has 2 atom stereocenters. The summed E-state index contributed by atoms with van der Waals surface area (Å²) < 4.78 is 5.00. The molecule has 0 spiro atoms. The lowest BCUT2D eigenvalue weighted by atomic mass is 10.1. The topological polar surface area (TPSA) is 102 Å². The molecule has 0 saturated carbocycles. The van der Waals surface area contributed by atoms with Gasteiger partial charge in [0, 0.05) is 17.4 Å². The Labute approximate surface area is 126 Å². The number of nitro benzene ring substituents is 1. The van der Waals surface area contributed by atoms with Crippen molar-refractivity contribution in [3.63, 3.8) is 0 Å².